The number of likely N-dealkylation sites (tertiary alicyclic amines) is 1. The monoisotopic (exact) mass is 829 g/mol. The molecule has 7 rings (SSSR count). The van der Waals surface area contributed by atoms with Crippen molar-refractivity contribution in [3.63, 3.8) is 0 Å². The number of pyridine rings is 1. The zero-order valence-corrected chi connectivity index (χ0v) is 35.3. The van der Waals surface area contributed by atoms with Crippen molar-refractivity contribution in [2.24, 2.45) is 11.3 Å². The van der Waals surface area contributed by atoms with Gasteiger partial charge in [-0.05, 0) is 56.6 Å². The Labute approximate surface area is 343 Å². The van der Waals surface area contributed by atoms with Gasteiger partial charge in [-0.1, -0.05) is 57.2 Å². The Morgan fingerprint density at radius 2 is 1.84 bits per heavy atom. The molecule has 1 saturated heterocycles. The standard InChI is InChI=1S/C43H52N5O8PS/c1-7-28-22-43(28,57(52,53)24-29-25-58-26(2)44-29)47-39(49)36-20-32(23-48(36)40(50)38(42(3,4)5)46-41(51)56-30-15-11-12-16-30)55-37-21-34(27-13-9-8-10-14-27)45-35-19-31(54-6)17-18-33(35)37/h7-10,13-14,17-19,21,25,28,30,32,36,38H,1,11-12,15-16,20,22-24H2,2-6H3,(H,46,51)(H,47,49)(H,52,53)/t28-,32?,36+,38-,43+/m1/s1. The number of aromatic nitrogens is 2. The molecule has 0 spiro atoms. The molecule has 4 aromatic rings. The summed E-state index contributed by atoms with van der Waals surface area (Å²) in [6, 6.07) is 14.8. The molecule has 13 nitrogen and oxygen atoms in total. The molecule has 308 valence electrons. The number of fused-ring (bicyclic) bond motifs is 1. The number of carbonyl (C=O) groups excluding carboxylic acids is 3. The summed E-state index contributed by atoms with van der Waals surface area (Å²) < 4.78 is 32.2. The lowest BCUT2D eigenvalue weighted by molar-refractivity contribution is -0.142. The van der Waals surface area contributed by atoms with Crippen LogP contribution in [0.1, 0.15) is 70.0 Å². The van der Waals surface area contributed by atoms with E-state index in [1.165, 1.54) is 16.2 Å². The number of thiazole rings is 1. The molecular weight excluding hydrogens is 778 g/mol. The third-order valence-corrected chi connectivity index (χ3v) is 14.9. The number of ether oxygens (including phenoxy) is 3. The maximum Gasteiger partial charge on any atom is 0.408 e. The minimum Gasteiger partial charge on any atom is -0.497 e. The minimum absolute atomic E-state index is 0.00370. The number of hydrogen-bond donors (Lipinski definition) is 3. The highest BCUT2D eigenvalue weighted by Crippen LogP contribution is 2.70. The van der Waals surface area contributed by atoms with Gasteiger partial charge in [0, 0.05) is 40.8 Å². The molecule has 3 heterocycles. The van der Waals surface area contributed by atoms with Crippen molar-refractivity contribution in [2.75, 3.05) is 13.7 Å². The first-order chi connectivity index (χ1) is 27.6. The maximum atomic E-state index is 14.8. The number of hydrogen-bond acceptors (Lipinski definition) is 10. The highest BCUT2D eigenvalue weighted by atomic mass is 32.1. The molecule has 0 bridgehead atoms. The Bertz CT molecular complexity index is 2240. The van der Waals surface area contributed by atoms with Gasteiger partial charge in [0.15, 0.2) is 0 Å². The molecule has 2 aromatic carbocycles. The van der Waals surface area contributed by atoms with Crippen LogP contribution in [-0.4, -0.2) is 80.9 Å². The Balaban J connectivity index is 1.22. The number of aryl methyl sites for hydroxylation is 1. The number of carbonyl (C=O) groups is 3. The van der Waals surface area contributed by atoms with Gasteiger partial charge in [-0.2, -0.15) is 0 Å². The van der Waals surface area contributed by atoms with Gasteiger partial charge in [-0.3, -0.25) is 14.2 Å². The first-order valence-corrected chi connectivity index (χ1v) is 22.5. The first kappa shape index (κ1) is 41.4. The van der Waals surface area contributed by atoms with Crippen LogP contribution in [0.25, 0.3) is 22.2 Å². The summed E-state index contributed by atoms with van der Waals surface area (Å²) in [6.07, 6.45) is 3.52. The molecule has 2 saturated carbocycles. The van der Waals surface area contributed by atoms with E-state index in [2.05, 4.69) is 22.2 Å². The van der Waals surface area contributed by atoms with E-state index in [0.29, 0.717) is 33.8 Å². The van der Waals surface area contributed by atoms with Crippen LogP contribution < -0.4 is 20.1 Å². The highest BCUT2D eigenvalue weighted by molar-refractivity contribution is 7.59. The lowest BCUT2D eigenvalue weighted by Crippen LogP contribution is -2.58. The number of methoxy groups -OCH3 is 1. The zero-order chi connectivity index (χ0) is 41.4. The summed E-state index contributed by atoms with van der Waals surface area (Å²) in [5.74, 6) is -0.430. The molecule has 3 aliphatic rings. The number of alkyl carbamates (subject to hydrolysis) is 1. The molecule has 15 heteroatoms. The fourth-order valence-electron chi connectivity index (χ4n) is 8.16. The van der Waals surface area contributed by atoms with Crippen LogP contribution in [0.4, 0.5) is 4.79 Å². The van der Waals surface area contributed by atoms with Crippen LogP contribution in [0.3, 0.4) is 0 Å². The van der Waals surface area contributed by atoms with Crippen LogP contribution >= 0.6 is 18.7 Å². The molecule has 1 aliphatic heterocycles. The van der Waals surface area contributed by atoms with Gasteiger partial charge in [0.25, 0.3) is 0 Å². The van der Waals surface area contributed by atoms with Crippen molar-refractivity contribution >= 4 is 47.5 Å². The van der Waals surface area contributed by atoms with Crippen molar-refractivity contribution < 1.29 is 38.1 Å². The molecule has 0 radical (unpaired) electrons. The van der Waals surface area contributed by atoms with Crippen LogP contribution in [0, 0.1) is 18.3 Å². The fraction of sp³-hybridized carbons (Fsp3) is 0.465. The molecule has 2 unspecified atom stereocenters. The molecule has 2 aromatic heterocycles. The summed E-state index contributed by atoms with van der Waals surface area (Å²) in [4.78, 5) is 65.1. The van der Waals surface area contributed by atoms with E-state index in [9.17, 15) is 23.8 Å². The van der Waals surface area contributed by atoms with Gasteiger partial charge < -0.3 is 34.6 Å². The van der Waals surface area contributed by atoms with Gasteiger partial charge >= 0.3 is 6.09 Å². The second-order valence-corrected chi connectivity index (χ2v) is 20.2. The second-order valence-electron chi connectivity index (χ2n) is 16.7. The number of rotatable bonds is 13. The fourth-order valence-corrected chi connectivity index (χ4v) is 11.2. The zero-order valence-electron chi connectivity index (χ0n) is 33.6. The SMILES string of the molecule is C=C[C@@H]1C[C@]1(NC(=O)[C@@H]1CC(Oc2cc(-c3ccccc3)nc3cc(OC)ccc23)CN1C(=O)[C@@H](NC(=O)OC1CCCC1)C(C)(C)C)P(=O)(O)Cc1csc(C)n1. The van der Waals surface area contributed by atoms with Crippen molar-refractivity contribution in [1.29, 1.82) is 0 Å². The number of benzene rings is 2. The van der Waals surface area contributed by atoms with Crippen molar-refractivity contribution in [1.82, 2.24) is 25.5 Å². The van der Waals surface area contributed by atoms with Gasteiger partial charge in [0.2, 0.25) is 19.2 Å². The summed E-state index contributed by atoms with van der Waals surface area (Å²) in [5.41, 5.74) is 1.86. The van der Waals surface area contributed by atoms with Gasteiger partial charge in [0.05, 0.1) is 41.7 Å². The van der Waals surface area contributed by atoms with Crippen LogP contribution in [0.5, 0.6) is 11.5 Å². The van der Waals surface area contributed by atoms with E-state index in [1.54, 1.807) is 18.6 Å². The smallest absolute Gasteiger partial charge is 0.408 e. The number of nitrogens with zero attached hydrogens (tertiary/aromatic N) is 3. The van der Waals surface area contributed by atoms with E-state index in [4.69, 9.17) is 19.2 Å². The number of nitrogens with one attached hydrogen (secondary N) is 2. The lowest BCUT2D eigenvalue weighted by Gasteiger charge is -2.36. The summed E-state index contributed by atoms with van der Waals surface area (Å²) in [7, 11) is -2.52. The Morgan fingerprint density at radius 3 is 2.48 bits per heavy atom. The lowest BCUT2D eigenvalue weighted by atomic mass is 9.85. The second kappa shape index (κ2) is 16.5. The third-order valence-electron chi connectivity index (χ3n) is 11.4. The van der Waals surface area contributed by atoms with Crippen LogP contribution in [0.15, 0.2) is 72.6 Å². The van der Waals surface area contributed by atoms with Gasteiger partial charge in [-0.15, -0.1) is 17.9 Å². The minimum atomic E-state index is -4.11. The average molecular weight is 830 g/mol. The summed E-state index contributed by atoms with van der Waals surface area (Å²) >= 11 is 1.38. The van der Waals surface area contributed by atoms with E-state index in [1.807, 2.05) is 82.3 Å². The van der Waals surface area contributed by atoms with Crippen LogP contribution in [0.2, 0.25) is 0 Å². The molecule has 2 aliphatic carbocycles. The van der Waals surface area contributed by atoms with Crippen LogP contribution in [-0.2, 0) is 25.1 Å². The van der Waals surface area contributed by atoms with Crippen molar-refractivity contribution in [2.45, 2.75) is 102 Å². The molecular formula is C43H52N5O8PS. The molecule has 3 amide bonds. The highest BCUT2D eigenvalue weighted by Gasteiger charge is 2.66. The summed E-state index contributed by atoms with van der Waals surface area (Å²) in [5, 5.41) is 7.52. The van der Waals surface area contributed by atoms with E-state index >= 15 is 0 Å². The molecule has 6 atom stereocenters. The quantitative estimate of drug-likeness (QED) is 0.0902. The Morgan fingerprint density at radius 1 is 1.10 bits per heavy atom. The Hall–Kier alpha value is -4.78. The summed E-state index contributed by atoms with van der Waals surface area (Å²) in [6.45, 7) is 11.2. The van der Waals surface area contributed by atoms with E-state index < -0.39 is 60.1 Å². The van der Waals surface area contributed by atoms with Crippen molar-refractivity contribution in [3.05, 3.63) is 83.3 Å². The largest absolute Gasteiger partial charge is 0.497 e. The Kier molecular flexibility index (Phi) is 11.7. The maximum absolute atomic E-state index is 14.8. The predicted molar refractivity (Wildman–Crippen MR) is 223 cm³/mol. The third kappa shape index (κ3) is 8.65. The van der Waals surface area contributed by atoms with E-state index in [0.717, 1.165) is 36.3 Å². The van der Waals surface area contributed by atoms with Crippen molar-refractivity contribution in [3.8, 4) is 22.8 Å². The normalized spacial score (nSPS) is 23.5. The average Bonchev–Trinajstić information content (AvgIpc) is 3.53. The number of amides is 3. The predicted octanol–water partition coefficient (Wildman–Crippen LogP) is 7.60. The molecule has 58 heavy (non-hydrogen) atoms. The van der Waals surface area contributed by atoms with Gasteiger partial charge in [-0.25, -0.2) is 14.8 Å². The molecule has 3 N–H and O–H groups in total. The van der Waals surface area contributed by atoms with Gasteiger partial charge in [0.1, 0.15) is 41.1 Å². The topological polar surface area (TPSA) is 169 Å². The molecule has 3 fully saturated rings. The van der Waals surface area contributed by atoms with E-state index in [-0.39, 0.29) is 31.7 Å². The first-order valence-electron chi connectivity index (χ1n) is 19.8.